The molecule has 0 radical (unpaired) electrons. The molecule has 1 aromatic heterocycles. The molecule has 144 valence electrons. The molecule has 1 unspecified atom stereocenters. The topological polar surface area (TPSA) is 81.2 Å². The third kappa shape index (κ3) is 4.46. The predicted molar refractivity (Wildman–Crippen MR) is 105 cm³/mol. The number of rotatable bonds is 6. The number of aromatic amines is 1. The van der Waals surface area contributed by atoms with Gasteiger partial charge in [-0.3, -0.25) is 20.0 Å². The molecule has 2 aromatic rings. The molecule has 1 aliphatic rings. The van der Waals surface area contributed by atoms with Gasteiger partial charge in [0.1, 0.15) is 0 Å². The standard InChI is InChI=1S/C21H28N4O2/c1-14(21-15(2)22-23-16(21)3)19-5-4-12-25(19)13-18-8-6-17(7-9-18)10-11-20(26)24-27/h6-11,14,19,27H,4-5,12-13H2,1-3H3,(H,22,23)(H,24,26)/t14?,19-/m1/s1. The number of benzene rings is 1. The molecule has 1 saturated heterocycles. The molecule has 3 rings (SSSR count). The van der Waals surface area contributed by atoms with E-state index in [4.69, 9.17) is 5.21 Å². The van der Waals surface area contributed by atoms with Crippen molar-refractivity contribution in [1.82, 2.24) is 20.6 Å². The Morgan fingerprint density at radius 3 is 2.78 bits per heavy atom. The van der Waals surface area contributed by atoms with Crippen LogP contribution in [0.5, 0.6) is 0 Å². The van der Waals surface area contributed by atoms with Crippen molar-refractivity contribution in [3.63, 3.8) is 0 Å². The molecule has 1 fully saturated rings. The molecule has 6 heteroatoms. The zero-order chi connectivity index (χ0) is 19.4. The second kappa shape index (κ2) is 8.50. The first kappa shape index (κ1) is 19.3. The maximum Gasteiger partial charge on any atom is 0.267 e. The van der Waals surface area contributed by atoms with Gasteiger partial charge in [-0.1, -0.05) is 31.2 Å². The number of aryl methyl sites for hydroxylation is 2. The number of nitrogens with zero attached hydrogens (tertiary/aromatic N) is 2. The van der Waals surface area contributed by atoms with Crippen LogP contribution in [0.2, 0.25) is 0 Å². The smallest absolute Gasteiger partial charge is 0.267 e. The van der Waals surface area contributed by atoms with Gasteiger partial charge in [-0.25, -0.2) is 5.48 Å². The summed E-state index contributed by atoms with van der Waals surface area (Å²) in [5.41, 5.74) is 7.42. The number of likely N-dealkylation sites (tertiary alicyclic amines) is 1. The van der Waals surface area contributed by atoms with E-state index in [1.807, 2.05) is 12.1 Å². The largest absolute Gasteiger partial charge is 0.296 e. The van der Waals surface area contributed by atoms with Crippen LogP contribution in [0.3, 0.4) is 0 Å². The van der Waals surface area contributed by atoms with Gasteiger partial charge in [-0.15, -0.1) is 0 Å². The molecule has 1 aliphatic heterocycles. The van der Waals surface area contributed by atoms with Crippen molar-refractivity contribution in [3.8, 4) is 0 Å². The second-order valence-corrected chi connectivity index (χ2v) is 7.37. The predicted octanol–water partition coefficient (Wildman–Crippen LogP) is 3.31. The number of hydrogen-bond donors (Lipinski definition) is 3. The van der Waals surface area contributed by atoms with E-state index in [9.17, 15) is 4.79 Å². The fraction of sp³-hybridized carbons (Fsp3) is 0.429. The van der Waals surface area contributed by atoms with Gasteiger partial charge < -0.3 is 0 Å². The average molecular weight is 368 g/mol. The Morgan fingerprint density at radius 1 is 1.41 bits per heavy atom. The Kier molecular flexibility index (Phi) is 6.08. The van der Waals surface area contributed by atoms with Gasteiger partial charge in [0.2, 0.25) is 0 Å². The zero-order valence-corrected chi connectivity index (χ0v) is 16.2. The monoisotopic (exact) mass is 368 g/mol. The minimum absolute atomic E-state index is 0.449. The van der Waals surface area contributed by atoms with E-state index < -0.39 is 5.91 Å². The summed E-state index contributed by atoms with van der Waals surface area (Å²) in [5.74, 6) is -0.0803. The molecule has 1 aromatic carbocycles. The lowest BCUT2D eigenvalue weighted by molar-refractivity contribution is -0.124. The third-order valence-electron chi connectivity index (χ3n) is 5.53. The lowest BCUT2D eigenvalue weighted by atomic mass is 9.90. The highest BCUT2D eigenvalue weighted by atomic mass is 16.5. The summed E-state index contributed by atoms with van der Waals surface area (Å²) in [6.07, 6.45) is 5.42. The molecular weight excluding hydrogens is 340 g/mol. The lowest BCUT2D eigenvalue weighted by Gasteiger charge is -2.30. The highest BCUT2D eigenvalue weighted by molar-refractivity contribution is 5.90. The van der Waals surface area contributed by atoms with Gasteiger partial charge in [0.25, 0.3) is 5.91 Å². The molecule has 0 saturated carbocycles. The van der Waals surface area contributed by atoms with Gasteiger partial charge in [0, 0.05) is 35.8 Å². The minimum atomic E-state index is -0.530. The van der Waals surface area contributed by atoms with E-state index in [0.717, 1.165) is 24.3 Å². The van der Waals surface area contributed by atoms with E-state index >= 15 is 0 Å². The minimum Gasteiger partial charge on any atom is -0.296 e. The summed E-state index contributed by atoms with van der Waals surface area (Å²) in [7, 11) is 0. The van der Waals surface area contributed by atoms with Crippen LogP contribution in [0.25, 0.3) is 6.08 Å². The maximum atomic E-state index is 11.1. The van der Waals surface area contributed by atoms with Gasteiger partial charge in [-0.05, 0) is 50.4 Å². The summed E-state index contributed by atoms with van der Waals surface area (Å²) in [4.78, 5) is 13.6. The normalized spacial score (nSPS) is 18.9. The number of carbonyl (C=O) groups excluding carboxylic acids is 1. The van der Waals surface area contributed by atoms with Crippen molar-refractivity contribution >= 4 is 12.0 Å². The van der Waals surface area contributed by atoms with E-state index in [1.165, 1.54) is 35.7 Å². The molecular formula is C21H28N4O2. The van der Waals surface area contributed by atoms with Crippen molar-refractivity contribution in [2.75, 3.05) is 6.54 Å². The Morgan fingerprint density at radius 2 is 2.15 bits per heavy atom. The van der Waals surface area contributed by atoms with Crippen LogP contribution in [0.15, 0.2) is 30.3 Å². The van der Waals surface area contributed by atoms with Crippen LogP contribution in [0.1, 0.15) is 53.8 Å². The van der Waals surface area contributed by atoms with Crippen LogP contribution in [0.4, 0.5) is 0 Å². The van der Waals surface area contributed by atoms with Crippen LogP contribution >= 0.6 is 0 Å². The van der Waals surface area contributed by atoms with Crippen LogP contribution < -0.4 is 5.48 Å². The van der Waals surface area contributed by atoms with Crippen molar-refractivity contribution in [2.45, 2.75) is 52.1 Å². The van der Waals surface area contributed by atoms with Crippen LogP contribution in [-0.4, -0.2) is 38.8 Å². The molecule has 1 amide bonds. The number of aromatic nitrogens is 2. The maximum absolute atomic E-state index is 11.1. The number of amides is 1. The molecule has 0 aliphatic carbocycles. The fourth-order valence-electron chi connectivity index (χ4n) is 4.22. The fourth-order valence-corrected chi connectivity index (χ4v) is 4.22. The molecule has 0 spiro atoms. The van der Waals surface area contributed by atoms with Crippen molar-refractivity contribution in [3.05, 3.63) is 58.4 Å². The number of nitrogens with one attached hydrogen (secondary N) is 2. The van der Waals surface area contributed by atoms with Crippen molar-refractivity contribution < 1.29 is 10.0 Å². The van der Waals surface area contributed by atoms with E-state index in [-0.39, 0.29) is 0 Å². The van der Waals surface area contributed by atoms with Gasteiger partial charge in [0.05, 0.1) is 5.69 Å². The van der Waals surface area contributed by atoms with E-state index in [2.05, 4.69) is 48.0 Å². The van der Waals surface area contributed by atoms with Crippen molar-refractivity contribution in [2.24, 2.45) is 0 Å². The average Bonchev–Trinajstić information content (AvgIpc) is 3.26. The number of carbonyl (C=O) groups is 1. The molecule has 2 heterocycles. The van der Waals surface area contributed by atoms with Crippen molar-refractivity contribution in [1.29, 1.82) is 0 Å². The van der Waals surface area contributed by atoms with Gasteiger partial charge >= 0.3 is 0 Å². The summed E-state index contributed by atoms with van der Waals surface area (Å²) < 4.78 is 0. The van der Waals surface area contributed by atoms with Gasteiger partial charge in [-0.2, -0.15) is 5.10 Å². The Labute approximate surface area is 160 Å². The Balaban J connectivity index is 1.68. The third-order valence-corrected chi connectivity index (χ3v) is 5.53. The summed E-state index contributed by atoms with van der Waals surface area (Å²) in [5, 5.41) is 16.0. The molecule has 2 atom stereocenters. The summed E-state index contributed by atoms with van der Waals surface area (Å²) in [6, 6.07) is 8.72. The Bertz CT molecular complexity index is 791. The number of hydroxylamine groups is 1. The molecule has 3 N–H and O–H groups in total. The highest BCUT2D eigenvalue weighted by Crippen LogP contribution is 2.34. The molecule has 6 nitrogen and oxygen atoms in total. The summed E-state index contributed by atoms with van der Waals surface area (Å²) in [6.45, 7) is 8.54. The first-order chi connectivity index (χ1) is 13.0. The number of hydrogen-bond acceptors (Lipinski definition) is 4. The Hall–Kier alpha value is -2.44. The highest BCUT2D eigenvalue weighted by Gasteiger charge is 2.32. The van der Waals surface area contributed by atoms with Gasteiger partial charge in [0.15, 0.2) is 0 Å². The quantitative estimate of drug-likeness (QED) is 0.415. The second-order valence-electron chi connectivity index (χ2n) is 7.37. The molecule has 27 heavy (non-hydrogen) atoms. The number of H-pyrrole nitrogens is 1. The summed E-state index contributed by atoms with van der Waals surface area (Å²) >= 11 is 0. The SMILES string of the molecule is Cc1n[nH]c(C)c1C(C)[C@H]1CCCN1Cc1ccc(C=CC(=O)NO)cc1. The first-order valence-corrected chi connectivity index (χ1v) is 9.46. The first-order valence-electron chi connectivity index (χ1n) is 9.46. The molecule has 0 bridgehead atoms. The van der Waals surface area contributed by atoms with E-state index in [0.29, 0.717) is 12.0 Å². The van der Waals surface area contributed by atoms with E-state index in [1.54, 1.807) is 11.6 Å². The lowest BCUT2D eigenvalue weighted by Crippen LogP contribution is -2.33. The van der Waals surface area contributed by atoms with Crippen LogP contribution in [-0.2, 0) is 11.3 Å². The zero-order valence-electron chi connectivity index (χ0n) is 16.2. The van der Waals surface area contributed by atoms with Crippen LogP contribution in [0, 0.1) is 13.8 Å².